The molecule has 6 heteroatoms. The van der Waals surface area contributed by atoms with Crippen LogP contribution in [0, 0.1) is 6.92 Å². The van der Waals surface area contributed by atoms with E-state index >= 15 is 0 Å². The summed E-state index contributed by atoms with van der Waals surface area (Å²) in [5, 5.41) is 2.94. The molecule has 28 heavy (non-hydrogen) atoms. The summed E-state index contributed by atoms with van der Waals surface area (Å²) >= 11 is 0. The number of para-hydroxylation sites is 1. The van der Waals surface area contributed by atoms with Crippen molar-refractivity contribution in [1.29, 1.82) is 0 Å². The van der Waals surface area contributed by atoms with E-state index < -0.39 is 0 Å². The Kier molecular flexibility index (Phi) is 6.19. The van der Waals surface area contributed by atoms with Gasteiger partial charge in [-0.2, -0.15) is 0 Å². The molecule has 148 valence electrons. The number of amides is 3. The predicted molar refractivity (Wildman–Crippen MR) is 114 cm³/mol. The number of urea groups is 1. The molecule has 0 saturated carbocycles. The summed E-state index contributed by atoms with van der Waals surface area (Å²) in [6, 6.07) is 15.5. The minimum atomic E-state index is -0.179. The lowest BCUT2D eigenvalue weighted by molar-refractivity contribution is -0.116. The van der Waals surface area contributed by atoms with Crippen molar-refractivity contribution in [3.05, 3.63) is 54.1 Å². The Balaban J connectivity index is 1.61. The molecule has 2 aromatic rings. The van der Waals surface area contributed by atoms with Crippen LogP contribution >= 0.6 is 0 Å². The van der Waals surface area contributed by atoms with Crippen molar-refractivity contribution < 1.29 is 9.59 Å². The van der Waals surface area contributed by atoms with Crippen LogP contribution in [0.15, 0.2) is 48.5 Å². The van der Waals surface area contributed by atoms with Crippen LogP contribution in [0.5, 0.6) is 0 Å². The van der Waals surface area contributed by atoms with E-state index in [9.17, 15) is 9.59 Å². The Morgan fingerprint density at radius 2 is 1.79 bits per heavy atom. The normalized spacial score (nSPS) is 13.8. The molecular formula is C22H28N4O2. The van der Waals surface area contributed by atoms with Crippen molar-refractivity contribution in [3.8, 4) is 0 Å². The average molecular weight is 380 g/mol. The lowest BCUT2D eigenvalue weighted by Gasteiger charge is -2.22. The quantitative estimate of drug-likeness (QED) is 0.796. The summed E-state index contributed by atoms with van der Waals surface area (Å²) in [6.07, 6.45) is 0. The van der Waals surface area contributed by atoms with Crippen molar-refractivity contribution in [2.75, 3.05) is 47.8 Å². The number of rotatable bonds is 7. The van der Waals surface area contributed by atoms with Crippen LogP contribution in [0.25, 0.3) is 0 Å². The SMILES string of the molecule is CCN(CC)c1ccc(NC(=O)CN2CCN(c3ccccc3)C2=O)c(C)c1. The fourth-order valence-corrected chi connectivity index (χ4v) is 3.51. The number of carbonyl (C=O) groups is 2. The van der Waals surface area contributed by atoms with E-state index in [2.05, 4.69) is 30.1 Å². The summed E-state index contributed by atoms with van der Waals surface area (Å²) < 4.78 is 0. The first-order chi connectivity index (χ1) is 13.5. The molecule has 3 rings (SSSR count). The smallest absolute Gasteiger partial charge is 0.325 e. The van der Waals surface area contributed by atoms with Crippen LogP contribution < -0.4 is 15.1 Å². The fourth-order valence-electron chi connectivity index (χ4n) is 3.51. The molecule has 0 aliphatic carbocycles. The molecule has 1 saturated heterocycles. The molecule has 1 fully saturated rings. The minimum absolute atomic E-state index is 0.0550. The van der Waals surface area contributed by atoms with Gasteiger partial charge in [0.25, 0.3) is 0 Å². The summed E-state index contributed by atoms with van der Waals surface area (Å²) in [5.74, 6) is -0.179. The molecule has 1 N–H and O–H groups in total. The standard InChI is InChI=1S/C22H28N4O2/c1-4-24(5-2)19-11-12-20(17(3)15-19)23-21(27)16-25-13-14-26(22(25)28)18-9-7-6-8-10-18/h6-12,15H,4-5,13-14,16H2,1-3H3,(H,23,27). The van der Waals surface area contributed by atoms with Gasteiger partial charge < -0.3 is 15.1 Å². The maximum absolute atomic E-state index is 12.6. The van der Waals surface area contributed by atoms with Gasteiger partial charge in [0.1, 0.15) is 6.54 Å². The monoisotopic (exact) mass is 380 g/mol. The van der Waals surface area contributed by atoms with Gasteiger partial charge in [0.15, 0.2) is 0 Å². The van der Waals surface area contributed by atoms with E-state index in [0.29, 0.717) is 13.1 Å². The van der Waals surface area contributed by atoms with Gasteiger partial charge >= 0.3 is 6.03 Å². The Labute approximate surface area is 166 Å². The molecule has 0 aromatic heterocycles. The molecule has 0 spiro atoms. The first-order valence-corrected chi connectivity index (χ1v) is 9.80. The summed E-state index contributed by atoms with van der Waals surface area (Å²) in [4.78, 5) is 30.7. The van der Waals surface area contributed by atoms with Crippen LogP contribution in [0.1, 0.15) is 19.4 Å². The number of hydrogen-bond acceptors (Lipinski definition) is 3. The molecule has 1 aliphatic rings. The number of hydrogen-bond donors (Lipinski definition) is 1. The zero-order chi connectivity index (χ0) is 20.1. The van der Waals surface area contributed by atoms with E-state index in [4.69, 9.17) is 0 Å². The molecule has 1 aliphatic heterocycles. The highest BCUT2D eigenvalue weighted by molar-refractivity contribution is 5.99. The maximum Gasteiger partial charge on any atom is 0.325 e. The number of nitrogens with one attached hydrogen (secondary N) is 1. The molecular weight excluding hydrogens is 352 g/mol. The van der Waals surface area contributed by atoms with Gasteiger partial charge in [-0.05, 0) is 56.7 Å². The largest absolute Gasteiger partial charge is 0.372 e. The van der Waals surface area contributed by atoms with Crippen molar-refractivity contribution >= 4 is 29.0 Å². The van der Waals surface area contributed by atoms with Gasteiger partial charge in [-0.3, -0.25) is 9.69 Å². The molecule has 2 aromatic carbocycles. The summed E-state index contributed by atoms with van der Waals surface area (Å²) in [7, 11) is 0. The van der Waals surface area contributed by atoms with Crippen LogP contribution in [-0.2, 0) is 4.79 Å². The Bertz CT molecular complexity index is 834. The number of benzene rings is 2. The third-order valence-corrected chi connectivity index (χ3v) is 5.11. The van der Waals surface area contributed by atoms with Crippen LogP contribution in [-0.4, -0.2) is 49.6 Å². The van der Waals surface area contributed by atoms with Gasteiger partial charge in [-0.1, -0.05) is 18.2 Å². The molecule has 0 atom stereocenters. The van der Waals surface area contributed by atoms with Crippen molar-refractivity contribution in [2.45, 2.75) is 20.8 Å². The Hall–Kier alpha value is -3.02. The number of carbonyl (C=O) groups excluding carboxylic acids is 2. The van der Waals surface area contributed by atoms with E-state index in [0.717, 1.165) is 35.7 Å². The maximum atomic E-state index is 12.6. The minimum Gasteiger partial charge on any atom is -0.372 e. The van der Waals surface area contributed by atoms with Crippen LogP contribution in [0.3, 0.4) is 0 Å². The van der Waals surface area contributed by atoms with Gasteiger partial charge in [0.05, 0.1) is 0 Å². The first-order valence-electron chi connectivity index (χ1n) is 9.80. The lowest BCUT2D eigenvalue weighted by atomic mass is 10.1. The van der Waals surface area contributed by atoms with Crippen molar-refractivity contribution in [1.82, 2.24) is 4.90 Å². The molecule has 0 unspecified atom stereocenters. The zero-order valence-electron chi connectivity index (χ0n) is 16.8. The van der Waals surface area contributed by atoms with Crippen LogP contribution in [0.2, 0.25) is 0 Å². The summed E-state index contributed by atoms with van der Waals surface area (Å²) in [6.45, 7) is 9.31. The second-order valence-electron chi connectivity index (χ2n) is 6.91. The molecule has 1 heterocycles. The van der Waals surface area contributed by atoms with Crippen molar-refractivity contribution in [3.63, 3.8) is 0 Å². The van der Waals surface area contributed by atoms with E-state index in [1.165, 1.54) is 0 Å². The summed E-state index contributed by atoms with van der Waals surface area (Å²) in [5.41, 5.74) is 3.80. The van der Waals surface area contributed by atoms with Gasteiger partial charge in [-0.15, -0.1) is 0 Å². The van der Waals surface area contributed by atoms with E-state index in [-0.39, 0.29) is 18.5 Å². The molecule has 6 nitrogen and oxygen atoms in total. The van der Waals surface area contributed by atoms with E-state index in [1.54, 1.807) is 9.80 Å². The third kappa shape index (κ3) is 4.27. The molecule has 0 radical (unpaired) electrons. The lowest BCUT2D eigenvalue weighted by Crippen LogP contribution is -2.37. The van der Waals surface area contributed by atoms with E-state index in [1.807, 2.05) is 49.4 Å². The highest BCUT2D eigenvalue weighted by Crippen LogP contribution is 2.23. The number of anilines is 3. The Morgan fingerprint density at radius 3 is 2.43 bits per heavy atom. The zero-order valence-corrected chi connectivity index (χ0v) is 16.8. The third-order valence-electron chi connectivity index (χ3n) is 5.11. The molecule has 3 amide bonds. The Morgan fingerprint density at radius 1 is 1.07 bits per heavy atom. The number of aryl methyl sites for hydroxylation is 1. The highest BCUT2D eigenvalue weighted by Gasteiger charge is 2.30. The molecule has 0 bridgehead atoms. The number of nitrogens with zero attached hydrogens (tertiary/aromatic N) is 3. The van der Waals surface area contributed by atoms with Gasteiger partial charge in [0.2, 0.25) is 5.91 Å². The second kappa shape index (κ2) is 8.78. The topological polar surface area (TPSA) is 55.9 Å². The highest BCUT2D eigenvalue weighted by atomic mass is 16.2. The average Bonchev–Trinajstić information content (AvgIpc) is 3.06. The van der Waals surface area contributed by atoms with Gasteiger partial charge in [-0.25, -0.2) is 4.79 Å². The second-order valence-corrected chi connectivity index (χ2v) is 6.91. The van der Waals surface area contributed by atoms with Crippen LogP contribution in [0.4, 0.5) is 21.9 Å². The fraction of sp³-hybridized carbons (Fsp3) is 0.364. The predicted octanol–water partition coefficient (Wildman–Crippen LogP) is 3.72. The first kappa shape index (κ1) is 19.7. The van der Waals surface area contributed by atoms with Gasteiger partial charge in [0, 0.05) is 43.2 Å². The van der Waals surface area contributed by atoms with Crippen molar-refractivity contribution in [2.24, 2.45) is 0 Å².